The molecule has 2 N–H and O–H groups in total. The van der Waals surface area contributed by atoms with Crippen molar-refractivity contribution in [3.05, 3.63) is 62.3 Å². The molecule has 0 amide bonds. The number of carbonyl (C=O) groups is 2. The summed E-state index contributed by atoms with van der Waals surface area (Å²) in [7, 11) is 2.27. The Hall–Kier alpha value is -2.87. The molecule has 0 saturated heterocycles. The number of aromatic amines is 1. The number of esters is 2. The molecule has 0 aliphatic rings. The number of ether oxygens (including phenoxy) is 2. The molecule has 0 radical (unpaired) electrons. The molecule has 1 unspecified atom stereocenters. The maximum absolute atomic E-state index is 13.5. The van der Waals surface area contributed by atoms with E-state index in [1.807, 2.05) is 0 Å². The molecule has 7 nitrogen and oxygen atoms in total. The van der Waals surface area contributed by atoms with Gasteiger partial charge in [-0.05, 0) is 17.7 Å². The van der Waals surface area contributed by atoms with Crippen LogP contribution in [0.25, 0.3) is 0 Å². The third-order valence-corrected chi connectivity index (χ3v) is 4.09. The van der Waals surface area contributed by atoms with Gasteiger partial charge in [-0.15, -0.1) is 0 Å². The highest BCUT2D eigenvalue weighted by Gasteiger charge is 2.28. The number of H-pyrrole nitrogens is 1. The van der Waals surface area contributed by atoms with Gasteiger partial charge in [0, 0.05) is 12.1 Å². The van der Waals surface area contributed by atoms with E-state index in [4.69, 9.17) is 11.6 Å². The second kappa shape index (κ2) is 8.01. The first kappa shape index (κ1) is 19.5. The topological polar surface area (TPSA) is 106 Å². The van der Waals surface area contributed by atoms with E-state index in [9.17, 15) is 23.9 Å². The van der Waals surface area contributed by atoms with Crippen LogP contribution in [0.4, 0.5) is 4.39 Å². The number of halogens is 2. The number of nitrogens with one attached hydrogen (secondary N) is 1. The first-order valence-electron chi connectivity index (χ1n) is 7.34. The SMILES string of the molecule is COC(=O)CC(c1ccc(F)c(Cl)c1)c1c(O)c(C(=O)OC)c[nH]c1=O. The average Bonchev–Trinajstić information content (AvgIpc) is 2.62. The van der Waals surface area contributed by atoms with E-state index < -0.39 is 35.0 Å². The Balaban J connectivity index is 2.69. The predicted octanol–water partition coefficient (Wildman–Crippen LogP) is 2.35. The van der Waals surface area contributed by atoms with Gasteiger partial charge in [0.2, 0.25) is 0 Å². The van der Waals surface area contributed by atoms with Crippen LogP contribution in [-0.4, -0.2) is 36.2 Å². The standard InChI is InChI=1S/C17H15ClFNO6/c1-25-13(21)6-9(8-3-4-12(19)11(18)5-8)14-15(22)10(17(24)26-2)7-20-16(14)23/h3-5,7,9H,6H2,1-2H3,(H2,20,22,23). The van der Waals surface area contributed by atoms with Gasteiger partial charge >= 0.3 is 11.9 Å². The van der Waals surface area contributed by atoms with Gasteiger partial charge in [-0.3, -0.25) is 9.59 Å². The zero-order valence-electron chi connectivity index (χ0n) is 13.8. The smallest absolute Gasteiger partial charge is 0.343 e. The van der Waals surface area contributed by atoms with Gasteiger partial charge in [-0.2, -0.15) is 0 Å². The highest BCUT2D eigenvalue weighted by Crippen LogP contribution is 2.35. The summed E-state index contributed by atoms with van der Waals surface area (Å²) in [5, 5.41) is 10.2. The summed E-state index contributed by atoms with van der Waals surface area (Å²) in [5.74, 6) is -3.93. The molecular formula is C17H15ClFNO6. The second-order valence-electron chi connectivity index (χ2n) is 5.29. The number of benzene rings is 1. The molecule has 2 rings (SSSR count). The lowest BCUT2D eigenvalue weighted by atomic mass is 9.88. The number of aromatic hydroxyl groups is 1. The van der Waals surface area contributed by atoms with Crippen LogP contribution in [0, 0.1) is 5.82 Å². The van der Waals surface area contributed by atoms with Crippen LogP contribution in [-0.2, 0) is 14.3 Å². The third kappa shape index (κ3) is 3.85. The van der Waals surface area contributed by atoms with Gasteiger partial charge in [0.15, 0.2) is 0 Å². The lowest BCUT2D eigenvalue weighted by Crippen LogP contribution is -2.22. The van der Waals surface area contributed by atoms with E-state index in [1.165, 1.54) is 12.1 Å². The molecule has 0 bridgehead atoms. The summed E-state index contributed by atoms with van der Waals surface area (Å²) in [6, 6.07) is 3.62. The van der Waals surface area contributed by atoms with Crippen molar-refractivity contribution in [1.29, 1.82) is 0 Å². The first-order chi connectivity index (χ1) is 12.3. The van der Waals surface area contributed by atoms with Crippen LogP contribution < -0.4 is 5.56 Å². The molecule has 0 aliphatic carbocycles. The predicted molar refractivity (Wildman–Crippen MR) is 90.0 cm³/mol. The van der Waals surface area contributed by atoms with Crippen molar-refractivity contribution in [2.45, 2.75) is 12.3 Å². The minimum Gasteiger partial charge on any atom is -0.506 e. The van der Waals surface area contributed by atoms with Crippen LogP contribution in [0.5, 0.6) is 5.75 Å². The van der Waals surface area contributed by atoms with Gasteiger partial charge in [-0.1, -0.05) is 17.7 Å². The van der Waals surface area contributed by atoms with E-state index in [0.717, 1.165) is 26.5 Å². The zero-order valence-corrected chi connectivity index (χ0v) is 14.6. The number of carbonyl (C=O) groups excluding carboxylic acids is 2. The Morgan fingerprint density at radius 1 is 1.31 bits per heavy atom. The Kier molecular flexibility index (Phi) is 5.99. The molecule has 9 heteroatoms. The maximum atomic E-state index is 13.5. The monoisotopic (exact) mass is 383 g/mol. The minimum atomic E-state index is -1.03. The summed E-state index contributed by atoms with van der Waals surface area (Å²) in [5.41, 5.74) is -1.000. The zero-order chi connectivity index (χ0) is 19.4. The van der Waals surface area contributed by atoms with Gasteiger partial charge in [0.25, 0.3) is 5.56 Å². The van der Waals surface area contributed by atoms with Crippen LogP contribution >= 0.6 is 11.6 Å². The summed E-state index contributed by atoms with van der Waals surface area (Å²) in [6.45, 7) is 0. The fraction of sp³-hybridized carbons (Fsp3) is 0.235. The molecule has 26 heavy (non-hydrogen) atoms. The summed E-state index contributed by atoms with van der Waals surface area (Å²) in [6.07, 6.45) is 0.652. The molecule has 0 aliphatic heterocycles. The van der Waals surface area contributed by atoms with E-state index in [1.54, 1.807) is 0 Å². The van der Waals surface area contributed by atoms with Crippen molar-refractivity contribution in [3.63, 3.8) is 0 Å². The van der Waals surface area contributed by atoms with Crippen molar-refractivity contribution >= 4 is 23.5 Å². The molecule has 0 saturated carbocycles. The van der Waals surface area contributed by atoms with Crippen LogP contribution in [0.2, 0.25) is 5.02 Å². The van der Waals surface area contributed by atoms with Crippen LogP contribution in [0.1, 0.15) is 33.8 Å². The number of hydrogen-bond donors (Lipinski definition) is 2. The maximum Gasteiger partial charge on any atom is 0.343 e. The number of hydrogen-bond acceptors (Lipinski definition) is 6. The van der Waals surface area contributed by atoms with Crippen LogP contribution in [0.15, 0.2) is 29.2 Å². The van der Waals surface area contributed by atoms with Crippen molar-refractivity contribution < 1.29 is 28.6 Å². The molecule has 0 fully saturated rings. The third-order valence-electron chi connectivity index (χ3n) is 3.80. The highest BCUT2D eigenvalue weighted by atomic mass is 35.5. The van der Waals surface area contributed by atoms with Gasteiger partial charge in [0.05, 0.1) is 31.2 Å². The van der Waals surface area contributed by atoms with E-state index in [-0.39, 0.29) is 28.1 Å². The highest BCUT2D eigenvalue weighted by molar-refractivity contribution is 6.30. The summed E-state index contributed by atoms with van der Waals surface area (Å²) < 4.78 is 22.6. The summed E-state index contributed by atoms with van der Waals surface area (Å²) >= 11 is 5.79. The van der Waals surface area contributed by atoms with E-state index in [0.29, 0.717) is 0 Å². The average molecular weight is 384 g/mol. The molecule has 1 aromatic heterocycles. The molecule has 1 heterocycles. The van der Waals surface area contributed by atoms with Crippen molar-refractivity contribution in [2.75, 3.05) is 14.2 Å². The Morgan fingerprint density at radius 3 is 2.58 bits per heavy atom. The van der Waals surface area contributed by atoms with E-state index in [2.05, 4.69) is 14.5 Å². The number of methoxy groups -OCH3 is 2. The van der Waals surface area contributed by atoms with Crippen molar-refractivity contribution in [1.82, 2.24) is 4.98 Å². The van der Waals surface area contributed by atoms with Crippen LogP contribution in [0.3, 0.4) is 0 Å². The Bertz CT molecular complexity index is 911. The van der Waals surface area contributed by atoms with Gasteiger partial charge < -0.3 is 19.6 Å². The number of aromatic nitrogens is 1. The van der Waals surface area contributed by atoms with E-state index >= 15 is 0 Å². The molecule has 138 valence electrons. The van der Waals surface area contributed by atoms with Gasteiger partial charge in [0.1, 0.15) is 17.1 Å². The second-order valence-corrected chi connectivity index (χ2v) is 5.70. The fourth-order valence-corrected chi connectivity index (χ4v) is 2.68. The Labute approximate surface area is 152 Å². The fourth-order valence-electron chi connectivity index (χ4n) is 2.49. The summed E-state index contributed by atoms with van der Waals surface area (Å²) in [4.78, 5) is 38.2. The van der Waals surface area contributed by atoms with Gasteiger partial charge in [-0.25, -0.2) is 9.18 Å². The number of pyridine rings is 1. The lowest BCUT2D eigenvalue weighted by Gasteiger charge is -2.18. The molecular weight excluding hydrogens is 369 g/mol. The Morgan fingerprint density at radius 2 is 2.00 bits per heavy atom. The molecule has 0 spiro atoms. The largest absolute Gasteiger partial charge is 0.506 e. The number of rotatable bonds is 5. The van der Waals surface area contributed by atoms with Crippen molar-refractivity contribution in [2.24, 2.45) is 0 Å². The molecule has 1 atom stereocenters. The quantitative estimate of drug-likeness (QED) is 0.768. The normalized spacial score (nSPS) is 11.7. The lowest BCUT2D eigenvalue weighted by molar-refractivity contribution is -0.140. The minimum absolute atomic E-state index is 0.225. The van der Waals surface area contributed by atoms with Crippen molar-refractivity contribution in [3.8, 4) is 5.75 Å². The molecule has 2 aromatic rings. The first-order valence-corrected chi connectivity index (χ1v) is 7.72. The molecule has 1 aromatic carbocycles.